The highest BCUT2D eigenvalue weighted by Gasteiger charge is 2.10. The number of nitrogens with one attached hydrogen (secondary N) is 1. The Morgan fingerprint density at radius 2 is 1.95 bits per heavy atom. The highest BCUT2D eigenvalue weighted by molar-refractivity contribution is 5.76. The van der Waals surface area contributed by atoms with Gasteiger partial charge in [-0.15, -0.1) is 0 Å². The second-order valence-electron chi connectivity index (χ2n) is 4.77. The number of hydrogen-bond acceptors (Lipinski definition) is 3. The molecule has 0 heterocycles. The summed E-state index contributed by atoms with van der Waals surface area (Å²) in [6.45, 7) is 4.73. The van der Waals surface area contributed by atoms with Gasteiger partial charge in [0.2, 0.25) is 5.91 Å². The van der Waals surface area contributed by atoms with E-state index in [1.165, 1.54) is 0 Å². The van der Waals surface area contributed by atoms with E-state index in [1.807, 2.05) is 37.3 Å². The predicted octanol–water partition coefficient (Wildman–Crippen LogP) is 2.64. The first-order chi connectivity index (χ1) is 9.63. The lowest BCUT2D eigenvalue weighted by Crippen LogP contribution is -2.26. The predicted molar refractivity (Wildman–Crippen MR) is 78.4 cm³/mol. The standard InChI is InChI=1S/C16H23NO3/c1-3-20-16(19)10-7-11-17-15(18)12-13(2)14-8-5-4-6-9-14/h4-6,8-9,13H,3,7,10-12H2,1-2H3,(H,17,18). The van der Waals surface area contributed by atoms with Crippen LogP contribution in [0.4, 0.5) is 0 Å². The summed E-state index contributed by atoms with van der Waals surface area (Å²) in [5.74, 6) is 0.00544. The van der Waals surface area contributed by atoms with Gasteiger partial charge in [-0.1, -0.05) is 37.3 Å². The highest BCUT2D eigenvalue weighted by atomic mass is 16.5. The highest BCUT2D eigenvalue weighted by Crippen LogP contribution is 2.17. The van der Waals surface area contributed by atoms with Crippen LogP contribution >= 0.6 is 0 Å². The van der Waals surface area contributed by atoms with E-state index in [-0.39, 0.29) is 17.8 Å². The van der Waals surface area contributed by atoms with Crippen LogP contribution in [0, 0.1) is 0 Å². The average Bonchev–Trinajstić information content (AvgIpc) is 2.45. The number of hydrogen-bond donors (Lipinski definition) is 1. The third-order valence-corrected chi connectivity index (χ3v) is 3.05. The average molecular weight is 277 g/mol. The Bertz CT molecular complexity index is 417. The summed E-state index contributed by atoms with van der Waals surface area (Å²) in [5, 5.41) is 2.83. The first kappa shape index (κ1) is 16.2. The van der Waals surface area contributed by atoms with Gasteiger partial charge in [0.25, 0.3) is 0 Å². The Morgan fingerprint density at radius 1 is 1.25 bits per heavy atom. The maximum Gasteiger partial charge on any atom is 0.305 e. The van der Waals surface area contributed by atoms with E-state index in [2.05, 4.69) is 5.32 Å². The number of amides is 1. The van der Waals surface area contributed by atoms with Crippen LogP contribution in [0.3, 0.4) is 0 Å². The summed E-state index contributed by atoms with van der Waals surface area (Å²) in [7, 11) is 0. The zero-order valence-electron chi connectivity index (χ0n) is 12.2. The Labute approximate surface area is 120 Å². The van der Waals surface area contributed by atoms with Crippen LogP contribution < -0.4 is 5.32 Å². The molecule has 0 saturated heterocycles. The molecule has 0 aliphatic rings. The summed E-state index contributed by atoms with van der Waals surface area (Å²) >= 11 is 0. The van der Waals surface area contributed by atoms with E-state index in [4.69, 9.17) is 4.74 Å². The van der Waals surface area contributed by atoms with Gasteiger partial charge in [-0.3, -0.25) is 9.59 Å². The Kier molecular flexibility index (Phi) is 7.40. The molecule has 1 atom stereocenters. The third-order valence-electron chi connectivity index (χ3n) is 3.05. The van der Waals surface area contributed by atoms with E-state index in [1.54, 1.807) is 6.92 Å². The Morgan fingerprint density at radius 3 is 2.60 bits per heavy atom. The normalized spacial score (nSPS) is 11.7. The van der Waals surface area contributed by atoms with Crippen molar-refractivity contribution in [3.63, 3.8) is 0 Å². The molecule has 1 aromatic rings. The second-order valence-corrected chi connectivity index (χ2v) is 4.77. The SMILES string of the molecule is CCOC(=O)CCCNC(=O)CC(C)c1ccccc1. The zero-order valence-corrected chi connectivity index (χ0v) is 12.2. The van der Waals surface area contributed by atoms with Gasteiger partial charge < -0.3 is 10.1 Å². The lowest BCUT2D eigenvalue weighted by molar-refractivity contribution is -0.143. The van der Waals surface area contributed by atoms with Crippen molar-refractivity contribution in [3.8, 4) is 0 Å². The Hall–Kier alpha value is -1.84. The number of ether oxygens (including phenoxy) is 1. The lowest BCUT2D eigenvalue weighted by atomic mass is 9.97. The van der Waals surface area contributed by atoms with E-state index >= 15 is 0 Å². The maximum atomic E-state index is 11.8. The number of rotatable bonds is 8. The second kappa shape index (κ2) is 9.13. The molecule has 1 rings (SSSR count). The van der Waals surface area contributed by atoms with Crippen molar-refractivity contribution in [2.45, 2.75) is 39.0 Å². The molecule has 0 fully saturated rings. The van der Waals surface area contributed by atoms with Gasteiger partial charge in [-0.2, -0.15) is 0 Å². The van der Waals surface area contributed by atoms with E-state index in [0.717, 1.165) is 5.56 Å². The fourth-order valence-corrected chi connectivity index (χ4v) is 1.94. The summed E-state index contributed by atoms with van der Waals surface area (Å²) in [5.41, 5.74) is 1.16. The van der Waals surface area contributed by atoms with Crippen LogP contribution in [-0.2, 0) is 14.3 Å². The third kappa shape index (κ3) is 6.36. The minimum atomic E-state index is -0.209. The van der Waals surface area contributed by atoms with Gasteiger partial charge in [-0.05, 0) is 24.8 Å². The summed E-state index contributed by atoms with van der Waals surface area (Å²) in [6, 6.07) is 9.97. The molecule has 0 aromatic heterocycles. The largest absolute Gasteiger partial charge is 0.466 e. The van der Waals surface area contributed by atoms with Crippen molar-refractivity contribution in [1.29, 1.82) is 0 Å². The van der Waals surface area contributed by atoms with E-state index in [0.29, 0.717) is 32.4 Å². The van der Waals surface area contributed by atoms with Gasteiger partial charge >= 0.3 is 5.97 Å². The number of benzene rings is 1. The molecule has 4 nitrogen and oxygen atoms in total. The van der Waals surface area contributed by atoms with Crippen LogP contribution in [0.15, 0.2) is 30.3 Å². The molecule has 110 valence electrons. The van der Waals surface area contributed by atoms with Crippen LogP contribution in [0.25, 0.3) is 0 Å². The smallest absolute Gasteiger partial charge is 0.305 e. The molecule has 20 heavy (non-hydrogen) atoms. The Balaban J connectivity index is 2.19. The molecule has 1 unspecified atom stereocenters. The fraction of sp³-hybridized carbons (Fsp3) is 0.500. The molecule has 0 spiro atoms. The monoisotopic (exact) mass is 277 g/mol. The van der Waals surface area contributed by atoms with Crippen molar-refractivity contribution < 1.29 is 14.3 Å². The molecule has 0 aliphatic heterocycles. The van der Waals surface area contributed by atoms with Gasteiger partial charge in [0.05, 0.1) is 6.61 Å². The van der Waals surface area contributed by atoms with Crippen LogP contribution in [0.2, 0.25) is 0 Å². The topological polar surface area (TPSA) is 55.4 Å². The zero-order chi connectivity index (χ0) is 14.8. The molecule has 4 heteroatoms. The molecule has 1 amide bonds. The van der Waals surface area contributed by atoms with Crippen molar-refractivity contribution >= 4 is 11.9 Å². The molecule has 0 radical (unpaired) electrons. The summed E-state index contributed by atoms with van der Waals surface area (Å²) < 4.78 is 4.82. The maximum absolute atomic E-state index is 11.8. The minimum Gasteiger partial charge on any atom is -0.466 e. The number of carbonyl (C=O) groups is 2. The van der Waals surface area contributed by atoms with Crippen LogP contribution in [-0.4, -0.2) is 25.0 Å². The van der Waals surface area contributed by atoms with Gasteiger partial charge in [0, 0.05) is 19.4 Å². The van der Waals surface area contributed by atoms with Crippen LogP contribution in [0.5, 0.6) is 0 Å². The molecule has 1 aromatic carbocycles. The first-order valence-electron chi connectivity index (χ1n) is 7.10. The van der Waals surface area contributed by atoms with Crippen molar-refractivity contribution in [2.24, 2.45) is 0 Å². The van der Waals surface area contributed by atoms with Crippen molar-refractivity contribution in [2.75, 3.05) is 13.2 Å². The minimum absolute atomic E-state index is 0.0187. The fourth-order valence-electron chi connectivity index (χ4n) is 1.94. The first-order valence-corrected chi connectivity index (χ1v) is 7.10. The van der Waals surface area contributed by atoms with Crippen LogP contribution in [0.1, 0.15) is 44.6 Å². The molecule has 0 aliphatic carbocycles. The van der Waals surface area contributed by atoms with Gasteiger partial charge in [0.1, 0.15) is 0 Å². The summed E-state index contributed by atoms with van der Waals surface area (Å²) in [6.07, 6.45) is 1.43. The molecular weight excluding hydrogens is 254 g/mol. The molecular formula is C16H23NO3. The van der Waals surface area contributed by atoms with E-state index < -0.39 is 0 Å². The number of carbonyl (C=O) groups excluding carboxylic acids is 2. The quantitative estimate of drug-likeness (QED) is 0.587. The molecule has 0 saturated carbocycles. The van der Waals surface area contributed by atoms with E-state index in [9.17, 15) is 9.59 Å². The number of esters is 1. The lowest BCUT2D eigenvalue weighted by Gasteiger charge is -2.11. The summed E-state index contributed by atoms with van der Waals surface area (Å²) in [4.78, 5) is 22.9. The molecule has 0 bridgehead atoms. The van der Waals surface area contributed by atoms with Crippen molar-refractivity contribution in [1.82, 2.24) is 5.32 Å². The molecule has 1 N–H and O–H groups in total. The van der Waals surface area contributed by atoms with Crippen molar-refractivity contribution in [3.05, 3.63) is 35.9 Å². The van der Waals surface area contributed by atoms with Gasteiger partial charge in [-0.25, -0.2) is 0 Å². The van der Waals surface area contributed by atoms with Gasteiger partial charge in [0.15, 0.2) is 0 Å².